The van der Waals surface area contributed by atoms with Gasteiger partial charge in [-0.25, -0.2) is 9.97 Å². The van der Waals surface area contributed by atoms with Crippen LogP contribution in [0.2, 0.25) is 0 Å². The van der Waals surface area contributed by atoms with Gasteiger partial charge in [0.25, 0.3) is 0 Å². The van der Waals surface area contributed by atoms with Gasteiger partial charge in [0.1, 0.15) is 17.2 Å². The van der Waals surface area contributed by atoms with Crippen molar-refractivity contribution < 1.29 is 4.74 Å². The minimum Gasteiger partial charge on any atom is -0.367 e. The van der Waals surface area contributed by atoms with Gasteiger partial charge < -0.3 is 9.64 Å². The number of aryl methyl sites for hydroxylation is 3. The maximum absolute atomic E-state index is 6.31. The van der Waals surface area contributed by atoms with Crippen molar-refractivity contribution in [2.45, 2.75) is 38.7 Å². The van der Waals surface area contributed by atoms with Crippen molar-refractivity contribution in [3.63, 3.8) is 0 Å². The topological polar surface area (TPSA) is 38.2 Å². The molecule has 1 aliphatic carbocycles. The Morgan fingerprint density at radius 2 is 2.13 bits per heavy atom. The van der Waals surface area contributed by atoms with Crippen LogP contribution in [0, 0.1) is 6.92 Å². The smallest absolute Gasteiger partial charge is 0.132 e. The Labute approximate surface area is 137 Å². The Morgan fingerprint density at radius 1 is 1.26 bits per heavy atom. The van der Waals surface area contributed by atoms with Crippen LogP contribution in [0.4, 0.5) is 5.82 Å². The Bertz CT molecular complexity index is 726. The quantitative estimate of drug-likeness (QED) is 0.855. The van der Waals surface area contributed by atoms with Crippen LogP contribution in [0.5, 0.6) is 0 Å². The minimum absolute atomic E-state index is 0.167. The molecule has 0 N–H and O–H groups in total. The van der Waals surface area contributed by atoms with Crippen molar-refractivity contribution in [1.29, 1.82) is 0 Å². The predicted octanol–water partition coefficient (Wildman–Crippen LogP) is 3.03. The molecule has 0 amide bonds. The third-order valence-electron chi connectivity index (χ3n) is 5.06. The molecule has 4 heteroatoms. The third kappa shape index (κ3) is 2.51. The lowest BCUT2D eigenvalue weighted by Gasteiger charge is -2.41. The second-order valence-corrected chi connectivity index (χ2v) is 6.54. The fraction of sp³-hybridized carbons (Fsp3) is 0.474. The predicted molar refractivity (Wildman–Crippen MR) is 90.8 cm³/mol. The van der Waals surface area contributed by atoms with Crippen LogP contribution in [0.15, 0.2) is 30.3 Å². The van der Waals surface area contributed by atoms with E-state index in [2.05, 4.69) is 52.1 Å². The molecule has 1 spiro atoms. The van der Waals surface area contributed by atoms with E-state index in [0.29, 0.717) is 0 Å². The molecule has 1 atom stereocenters. The number of hydrogen-bond donors (Lipinski definition) is 0. The molecule has 2 aromatic rings. The highest BCUT2D eigenvalue weighted by Crippen LogP contribution is 2.42. The fourth-order valence-electron chi connectivity index (χ4n) is 3.90. The summed E-state index contributed by atoms with van der Waals surface area (Å²) in [4.78, 5) is 11.6. The van der Waals surface area contributed by atoms with Crippen molar-refractivity contribution in [3.05, 3.63) is 53.0 Å². The summed E-state index contributed by atoms with van der Waals surface area (Å²) in [5.41, 5.74) is 3.74. The number of nitrogens with zero attached hydrogens (tertiary/aromatic N) is 3. The zero-order valence-electron chi connectivity index (χ0n) is 13.9. The monoisotopic (exact) mass is 309 g/mol. The van der Waals surface area contributed by atoms with Gasteiger partial charge in [-0.15, -0.1) is 0 Å². The Hall–Kier alpha value is -1.94. The summed E-state index contributed by atoms with van der Waals surface area (Å²) >= 11 is 0. The molecule has 1 saturated heterocycles. The lowest BCUT2D eigenvalue weighted by Crippen LogP contribution is -2.49. The molecule has 0 bridgehead atoms. The van der Waals surface area contributed by atoms with E-state index in [1.165, 1.54) is 11.1 Å². The van der Waals surface area contributed by atoms with Crippen molar-refractivity contribution in [2.24, 2.45) is 0 Å². The number of anilines is 1. The van der Waals surface area contributed by atoms with E-state index >= 15 is 0 Å². The van der Waals surface area contributed by atoms with Crippen LogP contribution >= 0.6 is 0 Å². The van der Waals surface area contributed by atoms with E-state index < -0.39 is 0 Å². The van der Waals surface area contributed by atoms with Gasteiger partial charge in [0, 0.05) is 18.3 Å². The van der Waals surface area contributed by atoms with Gasteiger partial charge >= 0.3 is 0 Å². The normalized spacial score (nSPS) is 23.3. The number of fused-ring (bicyclic) bond motifs is 2. The maximum Gasteiger partial charge on any atom is 0.132 e. The molecule has 1 aromatic heterocycles. The largest absolute Gasteiger partial charge is 0.367 e. The molecule has 23 heavy (non-hydrogen) atoms. The van der Waals surface area contributed by atoms with E-state index in [4.69, 9.17) is 4.74 Å². The van der Waals surface area contributed by atoms with Gasteiger partial charge in [-0.05, 0) is 37.3 Å². The molecular formula is C19H23N3O. The van der Waals surface area contributed by atoms with Gasteiger partial charge in [0.15, 0.2) is 0 Å². The molecule has 1 aliphatic heterocycles. The minimum atomic E-state index is -0.167. The van der Waals surface area contributed by atoms with E-state index in [1.54, 1.807) is 0 Å². The summed E-state index contributed by atoms with van der Waals surface area (Å²) in [6.45, 7) is 6.63. The summed E-state index contributed by atoms with van der Waals surface area (Å²) in [6.07, 6.45) is 3.11. The van der Waals surface area contributed by atoms with E-state index in [-0.39, 0.29) is 5.60 Å². The molecule has 1 unspecified atom stereocenters. The lowest BCUT2D eigenvalue weighted by atomic mass is 9.93. The Balaban J connectivity index is 1.67. The average molecular weight is 309 g/mol. The molecule has 120 valence electrons. The van der Waals surface area contributed by atoms with Crippen molar-refractivity contribution in [3.8, 4) is 0 Å². The molecular weight excluding hydrogens is 286 g/mol. The number of morpholine rings is 1. The van der Waals surface area contributed by atoms with Crippen LogP contribution in [-0.4, -0.2) is 29.7 Å². The summed E-state index contributed by atoms with van der Waals surface area (Å²) in [5.74, 6) is 1.90. The second kappa shape index (κ2) is 5.60. The van der Waals surface area contributed by atoms with Gasteiger partial charge in [-0.2, -0.15) is 0 Å². The average Bonchev–Trinajstić information content (AvgIpc) is 2.93. The first-order valence-electron chi connectivity index (χ1n) is 8.52. The highest BCUT2D eigenvalue weighted by molar-refractivity contribution is 5.45. The molecule has 2 heterocycles. The first kappa shape index (κ1) is 14.6. The lowest BCUT2D eigenvalue weighted by molar-refractivity contribution is -0.0594. The molecule has 1 aromatic carbocycles. The van der Waals surface area contributed by atoms with Gasteiger partial charge in [0.05, 0.1) is 13.2 Å². The summed E-state index contributed by atoms with van der Waals surface area (Å²) in [6, 6.07) is 10.8. The number of rotatable bonds is 2. The van der Waals surface area contributed by atoms with Crippen LogP contribution in [0.25, 0.3) is 0 Å². The van der Waals surface area contributed by atoms with Crippen LogP contribution in [-0.2, 0) is 23.2 Å². The summed E-state index contributed by atoms with van der Waals surface area (Å²) in [5, 5.41) is 0. The number of ether oxygens (including phenoxy) is 1. The van der Waals surface area contributed by atoms with Crippen molar-refractivity contribution >= 4 is 5.82 Å². The maximum atomic E-state index is 6.31. The first-order chi connectivity index (χ1) is 11.2. The number of aromatic nitrogens is 2. The summed E-state index contributed by atoms with van der Waals surface area (Å²) in [7, 11) is 0. The molecule has 4 rings (SSSR count). The van der Waals surface area contributed by atoms with Gasteiger partial charge in [-0.1, -0.05) is 31.2 Å². The number of benzene rings is 1. The molecule has 0 radical (unpaired) electrons. The fourth-order valence-corrected chi connectivity index (χ4v) is 3.90. The highest BCUT2D eigenvalue weighted by Gasteiger charge is 2.43. The first-order valence-corrected chi connectivity index (χ1v) is 8.52. The highest BCUT2D eigenvalue weighted by atomic mass is 16.5. The number of hydrogen-bond acceptors (Lipinski definition) is 4. The zero-order chi connectivity index (χ0) is 15.9. The van der Waals surface area contributed by atoms with Crippen molar-refractivity contribution in [1.82, 2.24) is 9.97 Å². The third-order valence-corrected chi connectivity index (χ3v) is 5.06. The van der Waals surface area contributed by atoms with Gasteiger partial charge in [0.2, 0.25) is 0 Å². The van der Waals surface area contributed by atoms with Gasteiger partial charge in [-0.3, -0.25) is 0 Å². The Morgan fingerprint density at radius 3 is 3.00 bits per heavy atom. The van der Waals surface area contributed by atoms with E-state index in [1.807, 2.05) is 6.92 Å². The second-order valence-electron chi connectivity index (χ2n) is 6.54. The molecule has 1 fully saturated rings. The zero-order valence-corrected chi connectivity index (χ0v) is 13.9. The van der Waals surface area contributed by atoms with Crippen LogP contribution in [0.3, 0.4) is 0 Å². The molecule has 4 nitrogen and oxygen atoms in total. The Kier molecular flexibility index (Phi) is 3.57. The summed E-state index contributed by atoms with van der Waals surface area (Å²) < 4.78 is 6.31. The van der Waals surface area contributed by atoms with Crippen LogP contribution in [0.1, 0.15) is 36.0 Å². The van der Waals surface area contributed by atoms with E-state index in [9.17, 15) is 0 Å². The molecule has 0 saturated carbocycles. The van der Waals surface area contributed by atoms with Crippen molar-refractivity contribution in [2.75, 3.05) is 24.6 Å². The SMILES string of the molecule is CCc1cc(N2CCOC3(CCc4ccccc43)C2)nc(C)n1. The van der Waals surface area contributed by atoms with E-state index in [0.717, 1.165) is 56.3 Å². The standard InChI is InChI=1S/C19H23N3O/c1-3-16-12-18(21-14(2)20-16)22-10-11-23-19(13-22)9-8-15-6-4-5-7-17(15)19/h4-7,12H,3,8-11,13H2,1-2H3. The molecule has 2 aliphatic rings. The van der Waals surface area contributed by atoms with Crippen LogP contribution < -0.4 is 4.90 Å².